The van der Waals surface area contributed by atoms with Gasteiger partial charge in [-0.05, 0) is 55.7 Å². The average molecular weight is 660 g/mol. The SMILES string of the molecule is Cc1cccc(C)c1OCC(=O)CC(C(O)CC(Cc1ccccc1)NC(=O)C(C(C)C)N1CCCNC1=O)C(O)(O)c1ccccc1. The number of rotatable bonds is 16. The number of hydrogen-bond acceptors (Lipinski definition) is 7. The monoisotopic (exact) mass is 659 g/mol. The van der Waals surface area contributed by atoms with Crippen LogP contribution in [0.25, 0.3) is 0 Å². The van der Waals surface area contributed by atoms with Crippen molar-refractivity contribution in [2.75, 3.05) is 19.7 Å². The average Bonchev–Trinajstić information content (AvgIpc) is 3.05. The van der Waals surface area contributed by atoms with Crippen LogP contribution in [-0.2, 0) is 21.8 Å². The fourth-order valence-electron chi connectivity index (χ4n) is 6.48. The molecule has 4 unspecified atom stereocenters. The molecule has 0 radical (unpaired) electrons. The van der Waals surface area contributed by atoms with Crippen molar-refractivity contribution in [2.24, 2.45) is 11.8 Å². The molecule has 4 rings (SSSR count). The van der Waals surface area contributed by atoms with Crippen molar-refractivity contribution in [3.05, 3.63) is 101 Å². The number of aryl methyl sites for hydroxylation is 2. The molecule has 1 aliphatic rings. The normalized spacial score (nSPS) is 16.1. The van der Waals surface area contributed by atoms with E-state index in [9.17, 15) is 29.7 Å². The van der Waals surface area contributed by atoms with Crippen LogP contribution in [0, 0.1) is 25.7 Å². The smallest absolute Gasteiger partial charge is 0.318 e. The molecular formula is C38H49N3O7. The molecule has 48 heavy (non-hydrogen) atoms. The second-order valence-electron chi connectivity index (χ2n) is 13.1. The number of nitrogens with zero attached hydrogens (tertiary/aromatic N) is 1. The van der Waals surface area contributed by atoms with Gasteiger partial charge in [0.05, 0.1) is 12.0 Å². The van der Waals surface area contributed by atoms with E-state index in [0.29, 0.717) is 31.7 Å². The van der Waals surface area contributed by atoms with Gasteiger partial charge in [0, 0.05) is 31.1 Å². The predicted molar refractivity (Wildman–Crippen MR) is 183 cm³/mol. The van der Waals surface area contributed by atoms with Gasteiger partial charge in [-0.3, -0.25) is 9.59 Å². The van der Waals surface area contributed by atoms with Gasteiger partial charge in [-0.15, -0.1) is 0 Å². The Bertz CT molecular complexity index is 1490. The van der Waals surface area contributed by atoms with E-state index in [1.54, 1.807) is 23.1 Å². The fourth-order valence-corrected chi connectivity index (χ4v) is 6.48. The first-order valence-electron chi connectivity index (χ1n) is 16.7. The lowest BCUT2D eigenvalue weighted by molar-refractivity contribution is -0.233. The maximum Gasteiger partial charge on any atom is 0.318 e. The zero-order chi connectivity index (χ0) is 34.8. The highest BCUT2D eigenvalue weighted by molar-refractivity contribution is 5.88. The molecule has 3 aromatic carbocycles. The number of ketones is 1. The molecule has 1 fully saturated rings. The minimum absolute atomic E-state index is 0.0942. The van der Waals surface area contributed by atoms with Crippen LogP contribution in [0.4, 0.5) is 4.79 Å². The summed E-state index contributed by atoms with van der Waals surface area (Å²) >= 11 is 0. The number of amides is 3. The van der Waals surface area contributed by atoms with Crippen LogP contribution in [0.5, 0.6) is 5.75 Å². The molecule has 0 bridgehead atoms. The van der Waals surface area contributed by atoms with E-state index in [1.807, 2.05) is 76.2 Å². The summed E-state index contributed by atoms with van der Waals surface area (Å²) in [5, 5.41) is 40.8. The Kier molecular flexibility index (Phi) is 12.7. The van der Waals surface area contributed by atoms with E-state index in [-0.39, 0.29) is 36.4 Å². The molecule has 1 heterocycles. The van der Waals surface area contributed by atoms with Crippen molar-refractivity contribution < 1.29 is 34.4 Å². The Hall–Kier alpha value is -4.25. The number of urea groups is 1. The molecule has 10 heteroatoms. The number of ether oxygens (including phenoxy) is 1. The third-order valence-corrected chi connectivity index (χ3v) is 8.96. The molecule has 0 spiro atoms. The van der Waals surface area contributed by atoms with Crippen molar-refractivity contribution in [2.45, 2.75) is 77.4 Å². The second-order valence-corrected chi connectivity index (χ2v) is 13.1. The fraction of sp³-hybridized carbons (Fsp3) is 0.447. The molecule has 3 amide bonds. The lowest BCUT2D eigenvalue weighted by Crippen LogP contribution is -2.59. The minimum atomic E-state index is -2.58. The number of carbonyl (C=O) groups excluding carboxylic acids is 3. The summed E-state index contributed by atoms with van der Waals surface area (Å²) in [4.78, 5) is 41.5. The number of hydrogen-bond donors (Lipinski definition) is 5. The molecule has 0 aliphatic carbocycles. The van der Waals surface area contributed by atoms with Crippen LogP contribution >= 0.6 is 0 Å². The van der Waals surface area contributed by atoms with E-state index in [2.05, 4.69) is 10.6 Å². The first-order chi connectivity index (χ1) is 22.9. The van der Waals surface area contributed by atoms with Crippen molar-refractivity contribution in [3.8, 4) is 5.75 Å². The number of aliphatic hydroxyl groups is 3. The molecule has 5 N–H and O–H groups in total. The van der Waals surface area contributed by atoms with Gasteiger partial charge in [-0.1, -0.05) is 92.7 Å². The Morgan fingerprint density at radius 3 is 2.19 bits per heavy atom. The molecule has 0 saturated carbocycles. The van der Waals surface area contributed by atoms with Crippen LogP contribution in [0.2, 0.25) is 0 Å². The lowest BCUT2D eigenvalue weighted by atomic mass is 9.80. The minimum Gasteiger partial charge on any atom is -0.485 e. The van der Waals surface area contributed by atoms with Crippen molar-refractivity contribution in [1.82, 2.24) is 15.5 Å². The van der Waals surface area contributed by atoms with Gasteiger partial charge >= 0.3 is 6.03 Å². The van der Waals surface area contributed by atoms with Gasteiger partial charge in [-0.25, -0.2) is 4.79 Å². The first kappa shape index (κ1) is 36.6. The van der Waals surface area contributed by atoms with Crippen LogP contribution in [0.1, 0.15) is 55.4 Å². The molecule has 1 aliphatic heterocycles. The maximum atomic E-state index is 13.9. The lowest BCUT2D eigenvalue weighted by Gasteiger charge is -2.38. The summed E-state index contributed by atoms with van der Waals surface area (Å²) in [6.07, 6.45) is -0.891. The molecule has 258 valence electrons. The van der Waals surface area contributed by atoms with E-state index in [0.717, 1.165) is 16.7 Å². The zero-order valence-electron chi connectivity index (χ0n) is 28.3. The summed E-state index contributed by atoms with van der Waals surface area (Å²) in [6, 6.07) is 21.4. The van der Waals surface area contributed by atoms with Crippen LogP contribution in [0.15, 0.2) is 78.9 Å². The summed E-state index contributed by atoms with van der Waals surface area (Å²) in [5.41, 5.74) is 2.74. The largest absolute Gasteiger partial charge is 0.485 e. The molecule has 4 atom stereocenters. The van der Waals surface area contributed by atoms with Gasteiger partial charge < -0.3 is 35.6 Å². The Morgan fingerprint density at radius 2 is 1.58 bits per heavy atom. The maximum absolute atomic E-state index is 13.9. The quantitative estimate of drug-likeness (QED) is 0.146. The van der Waals surface area contributed by atoms with E-state index < -0.39 is 42.1 Å². The van der Waals surface area contributed by atoms with Gasteiger partial charge in [0.1, 0.15) is 18.4 Å². The van der Waals surface area contributed by atoms with Gasteiger partial charge in [0.15, 0.2) is 11.6 Å². The standard InChI is InChI=1S/C38H49N3O7/c1-25(2)34(41-20-12-19-39-37(41)45)36(44)40-30(21-28-15-7-5-8-16-28)22-33(43)32(38(46,47)29-17-9-6-10-18-29)23-31(42)24-48-35-26(3)13-11-14-27(35)4/h5-11,13-18,25,30,32-34,43,46-47H,12,19-24H2,1-4H3,(H,39,45)(H,40,44). The second kappa shape index (κ2) is 16.7. The molecule has 1 saturated heterocycles. The third-order valence-electron chi connectivity index (χ3n) is 8.96. The Labute approximate surface area is 283 Å². The van der Waals surface area contributed by atoms with Crippen LogP contribution < -0.4 is 15.4 Å². The number of Topliss-reactive ketones (excluding diaryl/α,β-unsaturated/α-hetero) is 1. The number of aliphatic hydroxyl groups excluding tert-OH is 1. The number of nitrogens with one attached hydrogen (secondary N) is 2. The van der Waals surface area contributed by atoms with Crippen LogP contribution in [-0.4, -0.2) is 75.8 Å². The first-order valence-corrected chi connectivity index (χ1v) is 16.7. The predicted octanol–water partition coefficient (Wildman–Crippen LogP) is 4.01. The molecule has 0 aromatic heterocycles. The third kappa shape index (κ3) is 9.43. The highest BCUT2D eigenvalue weighted by Gasteiger charge is 2.43. The van der Waals surface area contributed by atoms with Crippen molar-refractivity contribution >= 4 is 17.7 Å². The topological polar surface area (TPSA) is 148 Å². The van der Waals surface area contributed by atoms with E-state index in [4.69, 9.17) is 4.74 Å². The molecule has 10 nitrogen and oxygen atoms in total. The summed E-state index contributed by atoms with van der Waals surface area (Å²) < 4.78 is 5.87. The molecular weight excluding hydrogens is 610 g/mol. The van der Waals surface area contributed by atoms with Gasteiger partial charge in [0.2, 0.25) is 5.91 Å². The number of benzene rings is 3. The highest BCUT2D eigenvalue weighted by Crippen LogP contribution is 2.34. The van der Waals surface area contributed by atoms with Crippen molar-refractivity contribution in [3.63, 3.8) is 0 Å². The van der Waals surface area contributed by atoms with Crippen LogP contribution in [0.3, 0.4) is 0 Å². The van der Waals surface area contributed by atoms with E-state index >= 15 is 0 Å². The number of para-hydroxylation sites is 1. The van der Waals surface area contributed by atoms with Crippen molar-refractivity contribution in [1.29, 1.82) is 0 Å². The van der Waals surface area contributed by atoms with Gasteiger partial charge in [-0.2, -0.15) is 0 Å². The summed E-state index contributed by atoms with van der Waals surface area (Å²) in [7, 11) is 0. The zero-order valence-corrected chi connectivity index (χ0v) is 28.3. The molecule has 3 aromatic rings. The highest BCUT2D eigenvalue weighted by atomic mass is 16.5. The summed E-state index contributed by atoms with van der Waals surface area (Å²) in [6.45, 7) is 8.18. The Morgan fingerprint density at radius 1 is 0.958 bits per heavy atom. The summed E-state index contributed by atoms with van der Waals surface area (Å²) in [5.74, 6) is -4.35. The van der Waals surface area contributed by atoms with E-state index in [1.165, 1.54) is 12.1 Å². The van der Waals surface area contributed by atoms with Gasteiger partial charge in [0.25, 0.3) is 0 Å². The Balaban J connectivity index is 1.60. The number of carbonyl (C=O) groups is 3.